The second-order valence-electron chi connectivity index (χ2n) is 6.95. The van der Waals surface area contributed by atoms with Crippen molar-refractivity contribution in [1.82, 2.24) is 14.5 Å². The smallest absolute Gasteiger partial charge is 0.280 e. The molecule has 2 aromatic heterocycles. The van der Waals surface area contributed by atoms with Gasteiger partial charge in [-0.3, -0.25) is 9.36 Å². The molecule has 1 aliphatic rings. The van der Waals surface area contributed by atoms with Crippen LogP contribution in [0.5, 0.6) is 5.75 Å². The molecule has 0 saturated carbocycles. The Hall–Kier alpha value is -2.69. The van der Waals surface area contributed by atoms with Crippen molar-refractivity contribution < 1.29 is 4.74 Å². The van der Waals surface area contributed by atoms with Gasteiger partial charge in [-0.2, -0.15) is 0 Å². The van der Waals surface area contributed by atoms with Crippen LogP contribution in [0.25, 0.3) is 11.0 Å². The summed E-state index contributed by atoms with van der Waals surface area (Å²) in [5, 5.41) is 0. The molecule has 0 N–H and O–H groups in total. The molecule has 0 radical (unpaired) electrons. The zero-order valence-electron chi connectivity index (χ0n) is 14.0. The first-order valence-electron chi connectivity index (χ1n) is 8.06. The summed E-state index contributed by atoms with van der Waals surface area (Å²) in [6.45, 7) is 6.13. The number of aryl methyl sites for hydroxylation is 1. The number of aromatic nitrogens is 3. The molecule has 5 nitrogen and oxygen atoms in total. The molecular formula is C19H19N3O2. The van der Waals surface area contributed by atoms with Crippen LogP contribution in [0.15, 0.2) is 47.7 Å². The third-order valence-corrected chi connectivity index (χ3v) is 4.48. The first kappa shape index (κ1) is 14.9. The van der Waals surface area contributed by atoms with Crippen LogP contribution in [0.2, 0.25) is 0 Å². The van der Waals surface area contributed by atoms with Gasteiger partial charge in [-0.25, -0.2) is 9.97 Å². The van der Waals surface area contributed by atoms with E-state index in [1.807, 2.05) is 32.9 Å². The van der Waals surface area contributed by atoms with E-state index in [2.05, 4.69) is 16.0 Å². The highest BCUT2D eigenvalue weighted by Gasteiger charge is 2.35. The van der Waals surface area contributed by atoms with Gasteiger partial charge in [-0.1, -0.05) is 17.7 Å². The quantitative estimate of drug-likeness (QED) is 0.690. The zero-order chi connectivity index (χ0) is 16.9. The summed E-state index contributed by atoms with van der Waals surface area (Å²) >= 11 is 0. The normalized spacial score (nSPS) is 18.9. The van der Waals surface area contributed by atoms with Crippen molar-refractivity contribution in [3.63, 3.8) is 0 Å². The van der Waals surface area contributed by atoms with Crippen molar-refractivity contribution >= 4 is 11.0 Å². The summed E-state index contributed by atoms with van der Waals surface area (Å²) in [4.78, 5) is 21.6. The van der Waals surface area contributed by atoms with Crippen LogP contribution >= 0.6 is 0 Å². The summed E-state index contributed by atoms with van der Waals surface area (Å²) in [6, 6.07) is 9.58. The number of pyridine rings is 1. The van der Waals surface area contributed by atoms with Crippen molar-refractivity contribution in [3.8, 4) is 5.75 Å². The van der Waals surface area contributed by atoms with Gasteiger partial charge in [0.1, 0.15) is 11.4 Å². The van der Waals surface area contributed by atoms with E-state index in [0.717, 1.165) is 16.9 Å². The predicted octanol–water partition coefficient (Wildman–Crippen LogP) is 3.25. The Morgan fingerprint density at radius 3 is 2.92 bits per heavy atom. The fourth-order valence-corrected chi connectivity index (χ4v) is 3.37. The van der Waals surface area contributed by atoms with E-state index >= 15 is 0 Å². The molecule has 3 heterocycles. The highest BCUT2D eigenvalue weighted by atomic mass is 16.5. The Balaban J connectivity index is 1.95. The molecule has 0 bridgehead atoms. The fraction of sp³-hybridized carbons (Fsp3) is 0.316. The lowest BCUT2D eigenvalue weighted by molar-refractivity contribution is 0.0663. The maximum atomic E-state index is 13.0. The van der Waals surface area contributed by atoms with Crippen LogP contribution in [0.3, 0.4) is 0 Å². The van der Waals surface area contributed by atoms with Crippen molar-refractivity contribution in [3.05, 3.63) is 64.3 Å². The molecule has 0 saturated heterocycles. The number of hydrogen-bond acceptors (Lipinski definition) is 4. The van der Waals surface area contributed by atoms with Gasteiger partial charge in [-0.05, 0) is 39.0 Å². The van der Waals surface area contributed by atoms with Crippen LogP contribution in [0.4, 0.5) is 0 Å². The van der Waals surface area contributed by atoms with Crippen LogP contribution in [-0.2, 0) is 0 Å². The molecule has 4 rings (SSSR count). The lowest BCUT2D eigenvalue weighted by Crippen LogP contribution is -2.39. The van der Waals surface area contributed by atoms with E-state index in [9.17, 15) is 4.79 Å². The second-order valence-corrected chi connectivity index (χ2v) is 6.95. The monoisotopic (exact) mass is 321 g/mol. The SMILES string of the molecule is Cc1ccc2c(c1)[C@@H](n1cnc3cccnc3c1=O)CC(C)(C)O2. The standard InChI is InChI=1S/C19H19N3O2/c1-12-6-7-16-13(9-12)15(10-19(2,3)24-16)22-11-21-14-5-4-8-20-17(14)18(22)23/h4-9,11,15H,10H2,1-3H3/t15-/m0/s1. The first-order valence-corrected chi connectivity index (χ1v) is 8.06. The Kier molecular flexibility index (Phi) is 3.20. The lowest BCUT2D eigenvalue weighted by atomic mass is 9.88. The molecule has 5 heteroatoms. The van der Waals surface area contributed by atoms with Gasteiger partial charge < -0.3 is 4.74 Å². The second kappa shape index (κ2) is 5.16. The maximum Gasteiger partial charge on any atom is 0.280 e. The van der Waals surface area contributed by atoms with Crippen molar-refractivity contribution in [2.75, 3.05) is 0 Å². The molecule has 0 amide bonds. The highest BCUT2D eigenvalue weighted by Crippen LogP contribution is 2.41. The molecular weight excluding hydrogens is 302 g/mol. The highest BCUT2D eigenvalue weighted by molar-refractivity contribution is 5.72. The topological polar surface area (TPSA) is 57.0 Å². The van der Waals surface area contributed by atoms with Gasteiger partial charge in [0, 0.05) is 18.2 Å². The summed E-state index contributed by atoms with van der Waals surface area (Å²) < 4.78 is 7.79. The van der Waals surface area contributed by atoms with Crippen LogP contribution < -0.4 is 10.3 Å². The molecule has 1 aromatic carbocycles. The third kappa shape index (κ3) is 2.37. The van der Waals surface area contributed by atoms with Gasteiger partial charge in [0.2, 0.25) is 0 Å². The molecule has 3 aromatic rings. The number of fused-ring (bicyclic) bond motifs is 2. The number of hydrogen-bond donors (Lipinski definition) is 0. The van der Waals surface area contributed by atoms with Gasteiger partial charge in [0.05, 0.1) is 17.9 Å². The molecule has 1 atom stereocenters. The minimum Gasteiger partial charge on any atom is -0.487 e. The van der Waals surface area contributed by atoms with Crippen LogP contribution in [-0.4, -0.2) is 20.1 Å². The summed E-state index contributed by atoms with van der Waals surface area (Å²) in [6.07, 6.45) is 3.95. The van der Waals surface area contributed by atoms with E-state index in [1.165, 1.54) is 0 Å². The van der Waals surface area contributed by atoms with Gasteiger partial charge in [-0.15, -0.1) is 0 Å². The van der Waals surface area contributed by atoms with E-state index in [0.29, 0.717) is 17.5 Å². The number of ether oxygens (including phenoxy) is 1. The number of rotatable bonds is 1. The molecule has 24 heavy (non-hydrogen) atoms. The Morgan fingerprint density at radius 2 is 2.08 bits per heavy atom. The van der Waals surface area contributed by atoms with Crippen LogP contribution in [0, 0.1) is 6.92 Å². The Morgan fingerprint density at radius 1 is 1.25 bits per heavy atom. The fourth-order valence-electron chi connectivity index (χ4n) is 3.37. The van der Waals surface area contributed by atoms with Gasteiger partial charge in [0.25, 0.3) is 5.56 Å². The molecule has 0 unspecified atom stereocenters. The minimum atomic E-state index is -0.356. The third-order valence-electron chi connectivity index (χ3n) is 4.48. The van der Waals surface area contributed by atoms with Crippen LogP contribution in [0.1, 0.15) is 37.4 Å². The van der Waals surface area contributed by atoms with E-state index in [4.69, 9.17) is 4.74 Å². The Labute approximate surface area is 139 Å². The Bertz CT molecular complexity index is 991. The maximum absolute atomic E-state index is 13.0. The van der Waals surface area contributed by atoms with E-state index in [1.54, 1.807) is 29.2 Å². The predicted molar refractivity (Wildman–Crippen MR) is 92.4 cm³/mol. The minimum absolute atomic E-state index is 0.115. The van der Waals surface area contributed by atoms with Crippen molar-refractivity contribution in [2.24, 2.45) is 0 Å². The van der Waals surface area contributed by atoms with E-state index in [-0.39, 0.29) is 17.2 Å². The summed E-state index contributed by atoms with van der Waals surface area (Å²) in [5.41, 5.74) is 2.71. The number of benzene rings is 1. The molecule has 1 aliphatic heterocycles. The van der Waals surface area contributed by atoms with Gasteiger partial charge in [0.15, 0.2) is 5.52 Å². The lowest BCUT2D eigenvalue weighted by Gasteiger charge is -2.38. The average Bonchev–Trinajstić information content (AvgIpc) is 2.55. The van der Waals surface area contributed by atoms with Crippen molar-refractivity contribution in [1.29, 1.82) is 0 Å². The summed E-state index contributed by atoms with van der Waals surface area (Å²) in [7, 11) is 0. The molecule has 0 aliphatic carbocycles. The molecule has 0 fully saturated rings. The average molecular weight is 321 g/mol. The number of nitrogens with zero attached hydrogens (tertiary/aromatic N) is 3. The first-order chi connectivity index (χ1) is 11.4. The van der Waals surface area contributed by atoms with Crippen molar-refractivity contribution in [2.45, 2.75) is 38.8 Å². The molecule has 122 valence electrons. The van der Waals surface area contributed by atoms with Gasteiger partial charge >= 0.3 is 0 Å². The molecule has 0 spiro atoms. The summed E-state index contributed by atoms with van der Waals surface area (Å²) in [5.74, 6) is 0.829. The zero-order valence-corrected chi connectivity index (χ0v) is 14.0. The van der Waals surface area contributed by atoms with E-state index < -0.39 is 0 Å². The largest absolute Gasteiger partial charge is 0.487 e.